The van der Waals surface area contributed by atoms with Crippen LogP contribution in [0.25, 0.3) is 0 Å². The second-order valence-corrected chi connectivity index (χ2v) is 7.31. The predicted octanol–water partition coefficient (Wildman–Crippen LogP) is 3.99. The molecule has 0 unspecified atom stereocenters. The molecule has 1 aromatic carbocycles. The number of rotatable bonds is 4. The summed E-state index contributed by atoms with van der Waals surface area (Å²) in [5, 5.41) is 4.05. The molecule has 1 saturated heterocycles. The zero-order valence-electron chi connectivity index (χ0n) is 16.2. The van der Waals surface area contributed by atoms with Crippen molar-refractivity contribution in [3.05, 3.63) is 52.8 Å². The van der Waals surface area contributed by atoms with Gasteiger partial charge in [0, 0.05) is 24.7 Å². The Hall–Kier alpha value is -2.35. The van der Waals surface area contributed by atoms with Gasteiger partial charge in [-0.3, -0.25) is 9.58 Å². The smallest absolute Gasteiger partial charge is 0.416 e. The number of esters is 1. The highest BCUT2D eigenvalue weighted by atomic mass is 19.4. The third kappa shape index (κ3) is 4.22. The van der Waals surface area contributed by atoms with Crippen molar-refractivity contribution in [2.45, 2.75) is 32.0 Å². The molecule has 0 N–H and O–H groups in total. The Bertz CT molecular complexity index is 830. The van der Waals surface area contributed by atoms with Crippen molar-refractivity contribution in [3.8, 4) is 0 Å². The third-order valence-electron chi connectivity index (χ3n) is 5.47. The summed E-state index contributed by atoms with van der Waals surface area (Å²) in [4.78, 5) is 14.5. The molecule has 0 radical (unpaired) electrons. The SMILES string of the molecule is Cc1c(C(=O)OC[C@H]2CCCN(C)[C@H]2c2ccc(C(F)(F)F)cc2)cnn1C. The zero-order chi connectivity index (χ0) is 20.5. The van der Waals surface area contributed by atoms with Gasteiger partial charge in [0.15, 0.2) is 0 Å². The molecule has 1 aromatic heterocycles. The van der Waals surface area contributed by atoms with E-state index in [9.17, 15) is 18.0 Å². The maximum Gasteiger partial charge on any atom is 0.416 e. The highest BCUT2D eigenvalue weighted by molar-refractivity contribution is 5.90. The molecule has 1 fully saturated rings. The van der Waals surface area contributed by atoms with Crippen molar-refractivity contribution in [2.75, 3.05) is 20.2 Å². The van der Waals surface area contributed by atoms with E-state index in [2.05, 4.69) is 10.00 Å². The number of carbonyl (C=O) groups is 1. The fourth-order valence-corrected chi connectivity index (χ4v) is 3.79. The quantitative estimate of drug-likeness (QED) is 0.735. The van der Waals surface area contributed by atoms with Crippen LogP contribution in [0.3, 0.4) is 0 Å². The molecule has 5 nitrogen and oxygen atoms in total. The van der Waals surface area contributed by atoms with E-state index < -0.39 is 17.7 Å². The van der Waals surface area contributed by atoms with Gasteiger partial charge < -0.3 is 4.74 Å². The van der Waals surface area contributed by atoms with Crippen LogP contribution in [-0.4, -0.2) is 40.8 Å². The number of alkyl halides is 3. The lowest BCUT2D eigenvalue weighted by molar-refractivity contribution is -0.137. The van der Waals surface area contributed by atoms with Crippen molar-refractivity contribution >= 4 is 5.97 Å². The van der Waals surface area contributed by atoms with E-state index in [1.165, 1.54) is 18.3 Å². The van der Waals surface area contributed by atoms with Crippen molar-refractivity contribution in [2.24, 2.45) is 13.0 Å². The summed E-state index contributed by atoms with van der Waals surface area (Å²) in [6, 6.07) is 5.17. The number of carbonyl (C=O) groups excluding carboxylic acids is 1. The van der Waals surface area contributed by atoms with Gasteiger partial charge in [-0.2, -0.15) is 18.3 Å². The molecule has 3 rings (SSSR count). The summed E-state index contributed by atoms with van der Waals surface area (Å²) in [5.74, 6) is -0.415. The molecule has 0 aliphatic carbocycles. The third-order valence-corrected chi connectivity index (χ3v) is 5.47. The average molecular weight is 395 g/mol. The highest BCUT2D eigenvalue weighted by Crippen LogP contribution is 2.37. The number of piperidine rings is 1. The van der Waals surface area contributed by atoms with Gasteiger partial charge in [-0.15, -0.1) is 0 Å². The van der Waals surface area contributed by atoms with Gasteiger partial charge in [0.05, 0.1) is 18.4 Å². The molecule has 0 amide bonds. The van der Waals surface area contributed by atoms with E-state index in [-0.39, 0.29) is 18.6 Å². The molecule has 1 aliphatic rings. The van der Waals surface area contributed by atoms with Crippen molar-refractivity contribution in [1.82, 2.24) is 14.7 Å². The molecule has 2 heterocycles. The Balaban J connectivity index is 1.73. The molecule has 1 aliphatic heterocycles. The number of halogens is 3. The standard InChI is InChI=1S/C20H24F3N3O2/c1-13-17(11-24-26(13)3)19(27)28-12-15-5-4-10-25(2)18(15)14-6-8-16(9-7-14)20(21,22)23/h6-9,11,15,18H,4-5,10,12H2,1-3H3/t15-,18+/m1/s1. The van der Waals surface area contributed by atoms with E-state index in [1.54, 1.807) is 18.7 Å². The first-order chi connectivity index (χ1) is 13.2. The van der Waals surface area contributed by atoms with Gasteiger partial charge in [-0.05, 0) is 51.1 Å². The zero-order valence-corrected chi connectivity index (χ0v) is 16.2. The Morgan fingerprint density at radius 3 is 2.50 bits per heavy atom. The van der Waals surface area contributed by atoms with Crippen LogP contribution in [0.15, 0.2) is 30.5 Å². The molecule has 0 saturated carbocycles. The van der Waals surface area contributed by atoms with Crippen molar-refractivity contribution < 1.29 is 22.7 Å². The predicted molar refractivity (Wildman–Crippen MR) is 97.8 cm³/mol. The lowest BCUT2D eigenvalue weighted by atomic mass is 9.85. The first-order valence-electron chi connectivity index (χ1n) is 9.21. The van der Waals surface area contributed by atoms with E-state index in [0.29, 0.717) is 5.56 Å². The minimum Gasteiger partial charge on any atom is -0.462 e. The van der Waals surface area contributed by atoms with Crippen molar-refractivity contribution in [1.29, 1.82) is 0 Å². The number of aryl methyl sites for hydroxylation is 1. The Morgan fingerprint density at radius 1 is 1.25 bits per heavy atom. The summed E-state index contributed by atoms with van der Waals surface area (Å²) in [7, 11) is 3.70. The summed E-state index contributed by atoms with van der Waals surface area (Å²) in [5.41, 5.74) is 1.29. The monoisotopic (exact) mass is 395 g/mol. The second-order valence-electron chi connectivity index (χ2n) is 7.31. The van der Waals surface area contributed by atoms with Gasteiger partial charge in [0.1, 0.15) is 5.56 Å². The normalized spacial score (nSPS) is 20.9. The summed E-state index contributed by atoms with van der Waals surface area (Å²) in [6.07, 6.45) is -1.08. The first kappa shape index (κ1) is 20.4. The van der Waals surface area contributed by atoms with Crippen LogP contribution in [0.2, 0.25) is 0 Å². The number of likely N-dealkylation sites (tertiary alicyclic amines) is 1. The van der Waals surface area contributed by atoms with Crippen LogP contribution in [0.4, 0.5) is 13.2 Å². The maximum atomic E-state index is 12.8. The van der Waals surface area contributed by atoms with Gasteiger partial charge in [-0.1, -0.05) is 12.1 Å². The minimum atomic E-state index is -4.35. The molecular formula is C20H24F3N3O2. The fraction of sp³-hybridized carbons (Fsp3) is 0.500. The number of nitrogens with zero attached hydrogens (tertiary/aromatic N) is 3. The van der Waals surface area contributed by atoms with Crippen LogP contribution >= 0.6 is 0 Å². The molecule has 0 spiro atoms. The number of hydrogen-bond acceptors (Lipinski definition) is 4. The lowest BCUT2D eigenvalue weighted by Gasteiger charge is -2.39. The summed E-state index contributed by atoms with van der Waals surface area (Å²) < 4.78 is 45.7. The van der Waals surface area contributed by atoms with Crippen LogP contribution in [0.1, 0.15) is 46.1 Å². The van der Waals surface area contributed by atoms with Crippen LogP contribution in [-0.2, 0) is 18.0 Å². The topological polar surface area (TPSA) is 47.4 Å². The van der Waals surface area contributed by atoms with Crippen LogP contribution in [0, 0.1) is 12.8 Å². The van der Waals surface area contributed by atoms with Gasteiger partial charge in [0.25, 0.3) is 0 Å². The number of aromatic nitrogens is 2. The molecule has 2 aromatic rings. The molecule has 152 valence electrons. The molecule has 28 heavy (non-hydrogen) atoms. The second kappa shape index (κ2) is 7.95. The number of hydrogen-bond donors (Lipinski definition) is 0. The van der Waals surface area contributed by atoms with Gasteiger partial charge in [0.2, 0.25) is 0 Å². The van der Waals surface area contributed by atoms with Crippen LogP contribution in [0.5, 0.6) is 0 Å². The summed E-state index contributed by atoms with van der Waals surface area (Å²) in [6.45, 7) is 2.85. The maximum absolute atomic E-state index is 12.8. The van der Waals surface area contributed by atoms with E-state index >= 15 is 0 Å². The average Bonchev–Trinajstić information content (AvgIpc) is 2.98. The highest BCUT2D eigenvalue weighted by Gasteiger charge is 2.34. The first-order valence-corrected chi connectivity index (χ1v) is 9.21. The lowest BCUT2D eigenvalue weighted by Crippen LogP contribution is -2.38. The largest absolute Gasteiger partial charge is 0.462 e. The van der Waals surface area contributed by atoms with Gasteiger partial charge >= 0.3 is 12.1 Å². The fourth-order valence-electron chi connectivity index (χ4n) is 3.79. The Morgan fingerprint density at radius 2 is 1.93 bits per heavy atom. The minimum absolute atomic E-state index is 0.0106. The van der Waals surface area contributed by atoms with E-state index in [0.717, 1.165) is 42.8 Å². The summed E-state index contributed by atoms with van der Waals surface area (Å²) >= 11 is 0. The molecule has 2 atom stereocenters. The number of benzene rings is 1. The Kier molecular flexibility index (Phi) is 5.79. The van der Waals surface area contributed by atoms with Crippen molar-refractivity contribution in [3.63, 3.8) is 0 Å². The molecule has 0 bridgehead atoms. The Labute approximate surface area is 162 Å². The van der Waals surface area contributed by atoms with E-state index in [1.807, 2.05) is 7.05 Å². The molecular weight excluding hydrogens is 371 g/mol. The van der Waals surface area contributed by atoms with Gasteiger partial charge in [-0.25, -0.2) is 4.79 Å². The van der Waals surface area contributed by atoms with E-state index in [4.69, 9.17) is 4.74 Å². The molecule has 8 heteroatoms. The van der Waals surface area contributed by atoms with Crippen LogP contribution < -0.4 is 0 Å². The number of ether oxygens (including phenoxy) is 1.